The summed E-state index contributed by atoms with van der Waals surface area (Å²) in [5, 5.41) is 6.19. The molecular formula is C28H28F2N6O4S. The molecule has 2 aromatic carbocycles. The number of rotatable bonds is 10. The highest BCUT2D eigenvalue weighted by molar-refractivity contribution is 7.70. The lowest BCUT2D eigenvalue weighted by atomic mass is 9.98. The van der Waals surface area contributed by atoms with E-state index in [0.29, 0.717) is 42.3 Å². The molecule has 1 fully saturated rings. The Bertz CT molecular complexity index is 1570. The number of piperidine rings is 1. The summed E-state index contributed by atoms with van der Waals surface area (Å²) in [5.41, 5.74) is 1.54. The summed E-state index contributed by atoms with van der Waals surface area (Å²) >= 11 is 0. The van der Waals surface area contributed by atoms with Crippen LogP contribution in [0, 0.1) is 5.82 Å². The average molecular weight is 583 g/mol. The van der Waals surface area contributed by atoms with Crippen molar-refractivity contribution in [1.82, 2.24) is 25.0 Å². The normalized spacial score (nSPS) is 17.7. The number of methoxy groups -OCH3 is 1. The van der Waals surface area contributed by atoms with Gasteiger partial charge in [-0.1, -0.05) is 30.3 Å². The molecule has 0 spiro atoms. The fourth-order valence-electron chi connectivity index (χ4n) is 4.67. The van der Waals surface area contributed by atoms with E-state index in [0.717, 1.165) is 6.07 Å². The van der Waals surface area contributed by atoms with E-state index >= 15 is 4.39 Å². The predicted octanol–water partition coefficient (Wildman–Crippen LogP) is 3.80. The maximum atomic E-state index is 15.6. The van der Waals surface area contributed by atoms with Crippen molar-refractivity contribution in [3.8, 4) is 28.6 Å². The summed E-state index contributed by atoms with van der Waals surface area (Å²) in [5.74, 6) is -0.107. The number of halogens is 2. The first kappa shape index (κ1) is 28.3. The van der Waals surface area contributed by atoms with Crippen LogP contribution in [0.4, 0.5) is 14.7 Å². The number of alkyl halides is 1. The van der Waals surface area contributed by atoms with Gasteiger partial charge in [0.2, 0.25) is 22.7 Å². The molecule has 3 N–H and O–H groups in total. The zero-order valence-electron chi connectivity index (χ0n) is 22.0. The Morgan fingerprint density at radius 1 is 1.05 bits per heavy atom. The van der Waals surface area contributed by atoms with Gasteiger partial charge in [-0.15, -0.1) is 0 Å². The van der Waals surface area contributed by atoms with Crippen molar-refractivity contribution in [2.24, 2.45) is 0 Å². The molecule has 0 radical (unpaired) electrons. The highest BCUT2D eigenvalue weighted by atomic mass is 32.2. The van der Waals surface area contributed by atoms with Crippen molar-refractivity contribution in [1.29, 1.82) is 0 Å². The van der Waals surface area contributed by atoms with E-state index in [2.05, 4.69) is 30.3 Å². The Morgan fingerprint density at radius 3 is 2.63 bits per heavy atom. The molecule has 10 nitrogen and oxygen atoms in total. The lowest BCUT2D eigenvalue weighted by molar-refractivity contribution is 0.254. The van der Waals surface area contributed by atoms with Gasteiger partial charge >= 0.3 is 0 Å². The van der Waals surface area contributed by atoms with Gasteiger partial charge in [0, 0.05) is 50.1 Å². The van der Waals surface area contributed by atoms with Gasteiger partial charge in [-0.3, -0.25) is 0 Å². The van der Waals surface area contributed by atoms with Crippen molar-refractivity contribution >= 4 is 16.8 Å². The molecule has 3 atom stereocenters. The molecule has 1 saturated heterocycles. The zero-order chi connectivity index (χ0) is 28.8. The maximum Gasteiger partial charge on any atom is 0.228 e. The van der Waals surface area contributed by atoms with Crippen LogP contribution in [0.3, 0.4) is 0 Å². The lowest BCUT2D eigenvalue weighted by Crippen LogP contribution is -2.44. The van der Waals surface area contributed by atoms with Crippen LogP contribution >= 0.6 is 0 Å². The molecule has 5 rings (SSSR count). The van der Waals surface area contributed by atoms with Crippen LogP contribution in [0.25, 0.3) is 11.3 Å². The maximum absolute atomic E-state index is 15.6. The fourth-order valence-corrected chi connectivity index (χ4v) is 5.16. The third-order valence-corrected chi connectivity index (χ3v) is 6.96. The lowest BCUT2D eigenvalue weighted by Gasteiger charge is -2.26. The van der Waals surface area contributed by atoms with Crippen LogP contribution in [0.2, 0.25) is 0 Å². The topological polar surface area (TPSA) is 127 Å². The number of anilines is 1. The third kappa shape index (κ3) is 6.93. The van der Waals surface area contributed by atoms with Gasteiger partial charge < -0.3 is 20.1 Å². The first-order chi connectivity index (χ1) is 19.9. The van der Waals surface area contributed by atoms with Crippen LogP contribution in [0.5, 0.6) is 17.4 Å². The van der Waals surface area contributed by atoms with Crippen LogP contribution in [-0.2, 0) is 10.9 Å². The molecule has 214 valence electrons. The average Bonchev–Trinajstić information content (AvgIpc) is 2.97. The van der Waals surface area contributed by atoms with Crippen molar-refractivity contribution in [2.45, 2.75) is 24.7 Å². The Balaban J connectivity index is 1.44. The molecule has 0 saturated carbocycles. The largest absolute Gasteiger partial charge is 0.496 e. The minimum atomic E-state index is -3.06. The summed E-state index contributed by atoms with van der Waals surface area (Å²) in [7, 11) is -1.70. The van der Waals surface area contributed by atoms with Crippen molar-refractivity contribution in [2.75, 3.05) is 25.5 Å². The van der Waals surface area contributed by atoms with Crippen LogP contribution < -0.4 is 24.8 Å². The second kappa shape index (κ2) is 13.0. The van der Waals surface area contributed by atoms with Gasteiger partial charge in [0.15, 0.2) is 0 Å². The number of benzene rings is 2. The first-order valence-corrected chi connectivity index (χ1v) is 14.0. The zero-order valence-corrected chi connectivity index (χ0v) is 22.9. The van der Waals surface area contributed by atoms with E-state index in [1.807, 2.05) is 0 Å². The summed E-state index contributed by atoms with van der Waals surface area (Å²) in [6, 6.07) is 15.1. The fraction of sp³-hybridized carbons (Fsp3) is 0.250. The number of thiol groups is 1. The number of aromatic nitrogens is 3. The van der Waals surface area contributed by atoms with Gasteiger partial charge in [0.1, 0.15) is 23.5 Å². The SMILES string of the molecule is COc1cc(Oc2ncccc2-c2ccnc(N[C@@H]3CNC[C@@H](F)C3)n2)cc(F)c1C(N[SH](=O)=O)c1ccccc1. The smallest absolute Gasteiger partial charge is 0.228 e. The molecule has 0 aliphatic carbocycles. The Morgan fingerprint density at radius 2 is 1.88 bits per heavy atom. The quantitative estimate of drug-likeness (QED) is 0.207. The standard InChI is InChI=1S/C28H28F2N6O4S/c1-39-24-14-20(13-22(30)25(24)26(36-41(37)38)17-6-3-2-4-7-17)40-27-21(8-5-10-32-27)23-9-11-33-28(35-23)34-19-12-18(29)15-31-16-19/h2-11,13-14,18-19,26,31,41H,12,15-16H2,1H3,(H,33,34,35)(H,36,37,38)/t18-,19-,26?/m0/s1. The Hall–Kier alpha value is -4.20. The molecule has 1 unspecified atom stereocenters. The van der Waals surface area contributed by atoms with Gasteiger partial charge in [0.25, 0.3) is 0 Å². The molecule has 1 aliphatic rings. The van der Waals surface area contributed by atoms with Crippen molar-refractivity contribution < 1.29 is 26.7 Å². The van der Waals surface area contributed by atoms with E-state index in [-0.39, 0.29) is 29.0 Å². The summed E-state index contributed by atoms with van der Waals surface area (Å²) in [6.07, 6.45) is 2.49. The van der Waals surface area contributed by atoms with E-state index < -0.39 is 28.9 Å². The van der Waals surface area contributed by atoms with Crippen LogP contribution in [0.15, 0.2) is 73.1 Å². The Kier molecular flexibility index (Phi) is 8.97. The van der Waals surface area contributed by atoms with Crippen molar-refractivity contribution in [3.63, 3.8) is 0 Å². The van der Waals surface area contributed by atoms with Crippen LogP contribution in [0.1, 0.15) is 23.6 Å². The minimum absolute atomic E-state index is 0.00531. The van der Waals surface area contributed by atoms with Crippen molar-refractivity contribution in [3.05, 3.63) is 90.0 Å². The highest BCUT2D eigenvalue weighted by Crippen LogP contribution is 2.38. The second-order valence-electron chi connectivity index (χ2n) is 9.31. The number of nitrogens with one attached hydrogen (secondary N) is 3. The summed E-state index contributed by atoms with van der Waals surface area (Å²) < 4.78 is 66.5. The molecule has 0 bridgehead atoms. The predicted molar refractivity (Wildman–Crippen MR) is 150 cm³/mol. The highest BCUT2D eigenvalue weighted by Gasteiger charge is 2.25. The van der Waals surface area contributed by atoms with Gasteiger partial charge in [-0.05, 0) is 23.8 Å². The number of ether oxygens (including phenoxy) is 2. The summed E-state index contributed by atoms with van der Waals surface area (Å²) in [4.78, 5) is 13.1. The third-order valence-electron chi connectivity index (χ3n) is 6.49. The van der Waals surface area contributed by atoms with E-state index in [9.17, 15) is 12.8 Å². The van der Waals surface area contributed by atoms with Gasteiger partial charge in [0.05, 0.1) is 30.0 Å². The minimum Gasteiger partial charge on any atom is -0.496 e. The van der Waals surface area contributed by atoms with E-state index in [4.69, 9.17) is 9.47 Å². The first-order valence-electron chi connectivity index (χ1n) is 12.8. The molecule has 1 aliphatic heterocycles. The molecule has 0 amide bonds. The number of hydrogen-bond donors (Lipinski definition) is 4. The monoisotopic (exact) mass is 582 g/mol. The van der Waals surface area contributed by atoms with Crippen LogP contribution in [-0.4, -0.2) is 55.8 Å². The molecule has 4 aromatic rings. The number of nitrogens with zero attached hydrogens (tertiary/aromatic N) is 3. The second-order valence-corrected chi connectivity index (χ2v) is 10.1. The molecule has 41 heavy (non-hydrogen) atoms. The summed E-state index contributed by atoms with van der Waals surface area (Å²) in [6.45, 7) is 0.911. The molecule has 3 heterocycles. The molecular weight excluding hydrogens is 554 g/mol. The molecule has 13 heteroatoms. The van der Waals surface area contributed by atoms with E-state index in [1.165, 1.54) is 19.4 Å². The molecule has 2 aromatic heterocycles. The van der Waals surface area contributed by atoms with E-state index in [1.54, 1.807) is 54.7 Å². The van der Waals surface area contributed by atoms with Gasteiger partial charge in [-0.2, -0.15) is 0 Å². The van der Waals surface area contributed by atoms with Gasteiger partial charge in [-0.25, -0.2) is 36.9 Å². The Labute approximate surface area is 237 Å². The number of hydrogen-bond acceptors (Lipinski definition) is 9. The number of pyridine rings is 1.